The third-order valence-corrected chi connectivity index (χ3v) is 3.57. The Morgan fingerprint density at radius 3 is 1.73 bits per heavy atom. The van der Waals surface area contributed by atoms with Gasteiger partial charge in [-0.15, -0.1) is 0 Å². The van der Waals surface area contributed by atoms with Gasteiger partial charge >= 0.3 is 41.5 Å². The molecule has 0 unspecified atom stereocenters. The van der Waals surface area contributed by atoms with Gasteiger partial charge in [0.1, 0.15) is 6.04 Å². The monoisotopic (exact) mass is 323 g/mol. The van der Waals surface area contributed by atoms with Crippen molar-refractivity contribution in [3.8, 4) is 0 Å². The number of hydrogen-bond acceptors (Lipinski definition) is 4. The fourth-order valence-corrected chi connectivity index (χ4v) is 2.19. The third-order valence-electron chi connectivity index (χ3n) is 3.57. The van der Waals surface area contributed by atoms with Crippen molar-refractivity contribution in [1.82, 2.24) is 0 Å². The molecule has 0 aliphatic heterocycles. The van der Waals surface area contributed by atoms with Gasteiger partial charge in [-0.3, -0.25) is 4.79 Å². The summed E-state index contributed by atoms with van der Waals surface area (Å²) in [6, 6.07) is -0.730. The predicted octanol–water partition coefficient (Wildman–Crippen LogP) is 1.22. The Morgan fingerprint density at radius 2 is 1.32 bits per heavy atom. The van der Waals surface area contributed by atoms with E-state index in [0.717, 1.165) is 19.3 Å². The molecule has 0 aromatic carbocycles. The maximum Gasteiger partial charge on any atom is 1.00 e. The van der Waals surface area contributed by atoms with Crippen molar-refractivity contribution in [3.63, 3.8) is 0 Å². The summed E-state index contributed by atoms with van der Waals surface area (Å²) in [6.07, 6.45) is 13.9. The smallest absolute Gasteiger partial charge is 1.00 e. The molecule has 0 radical (unpaired) electrons. The van der Waals surface area contributed by atoms with E-state index < -0.39 is 18.0 Å². The van der Waals surface area contributed by atoms with Crippen molar-refractivity contribution in [3.05, 3.63) is 0 Å². The Balaban J connectivity index is -0.00000200. The maximum absolute atomic E-state index is 11.3. The van der Waals surface area contributed by atoms with E-state index in [0.29, 0.717) is 6.42 Å². The molecule has 0 heterocycles. The predicted molar refractivity (Wildman–Crippen MR) is 86.9 cm³/mol. The number of esters is 2. The van der Waals surface area contributed by atoms with E-state index in [1.165, 1.54) is 58.3 Å². The van der Waals surface area contributed by atoms with Crippen LogP contribution in [0.25, 0.3) is 0 Å². The van der Waals surface area contributed by atoms with Crippen molar-refractivity contribution in [2.45, 2.75) is 96.9 Å². The summed E-state index contributed by atoms with van der Waals surface area (Å²) in [4.78, 5) is 22.4. The second kappa shape index (κ2) is 17.5. The molecule has 2 N–H and O–H groups in total. The molecule has 0 rings (SSSR count). The first-order valence-electron chi connectivity index (χ1n) is 8.58. The molecule has 0 bridgehead atoms. The van der Waals surface area contributed by atoms with Gasteiger partial charge in [-0.05, 0) is 13.3 Å². The fraction of sp³-hybridized carbons (Fsp3) is 0.882. The Morgan fingerprint density at radius 1 is 0.909 bits per heavy atom. The number of ether oxygens (including phenoxy) is 1. The van der Waals surface area contributed by atoms with Crippen LogP contribution in [0, 0.1) is 0 Å². The van der Waals surface area contributed by atoms with Crippen LogP contribution in [-0.4, -0.2) is 18.0 Å². The third kappa shape index (κ3) is 16.5. The Hall–Kier alpha value is 0.1000. The van der Waals surface area contributed by atoms with Gasteiger partial charge in [-0.2, -0.15) is 0 Å². The van der Waals surface area contributed by atoms with Crippen molar-refractivity contribution in [2.24, 2.45) is 5.73 Å². The minimum atomic E-state index is -0.730. The topological polar surface area (TPSA) is 69.4 Å². The molecule has 4 nitrogen and oxygen atoms in total. The first-order valence-corrected chi connectivity index (χ1v) is 8.58. The summed E-state index contributed by atoms with van der Waals surface area (Å²) in [5, 5.41) is 0. The second-order valence-corrected chi connectivity index (χ2v) is 5.87. The second-order valence-electron chi connectivity index (χ2n) is 5.87. The number of unbranched alkanes of at least 4 members (excludes halogenated alkanes) is 10. The van der Waals surface area contributed by atoms with Crippen molar-refractivity contribution >= 4 is 11.9 Å². The molecule has 0 saturated carbocycles. The van der Waals surface area contributed by atoms with Crippen LogP contribution in [0.2, 0.25) is 0 Å². The van der Waals surface area contributed by atoms with Crippen LogP contribution in [0.1, 0.15) is 92.3 Å². The molecule has 1 atom stereocenters. The average molecular weight is 323 g/mol. The maximum atomic E-state index is 11.3. The van der Waals surface area contributed by atoms with E-state index in [9.17, 15) is 9.59 Å². The van der Waals surface area contributed by atoms with Gasteiger partial charge in [-0.1, -0.05) is 71.1 Å². The van der Waals surface area contributed by atoms with Crippen LogP contribution in [0.3, 0.4) is 0 Å². The molecule has 0 fully saturated rings. The molecular formula is C17H34NNaO3. The zero-order valence-electron chi connectivity index (χ0n) is 15.9. The van der Waals surface area contributed by atoms with Gasteiger partial charge in [0.2, 0.25) is 0 Å². The van der Waals surface area contributed by atoms with E-state index in [-0.39, 0.29) is 31.0 Å². The number of carbonyl (C=O) groups excluding carboxylic acids is 2. The summed E-state index contributed by atoms with van der Waals surface area (Å²) in [5.74, 6) is -1.09. The van der Waals surface area contributed by atoms with Gasteiger partial charge in [-0.25, -0.2) is 4.79 Å². The Kier molecular flexibility index (Phi) is 19.3. The number of nitrogens with two attached hydrogens (primary N) is 1. The summed E-state index contributed by atoms with van der Waals surface area (Å²) >= 11 is 0. The van der Waals surface area contributed by atoms with Gasteiger partial charge in [0, 0.05) is 6.42 Å². The Labute approximate surface area is 159 Å². The molecule has 0 amide bonds. The summed E-state index contributed by atoms with van der Waals surface area (Å²) in [5.41, 5.74) is 5.32. The van der Waals surface area contributed by atoms with Gasteiger partial charge in [0.15, 0.2) is 0 Å². The van der Waals surface area contributed by atoms with Crippen molar-refractivity contribution < 1.29 is 45.3 Å². The molecule has 22 heavy (non-hydrogen) atoms. The van der Waals surface area contributed by atoms with Gasteiger partial charge < -0.3 is 11.9 Å². The summed E-state index contributed by atoms with van der Waals surface area (Å²) < 4.78 is 4.60. The molecule has 0 saturated heterocycles. The molecule has 0 aromatic rings. The van der Waals surface area contributed by atoms with Crippen LogP contribution < -0.4 is 35.3 Å². The zero-order chi connectivity index (χ0) is 15.9. The SMILES string of the molecule is CCCCCCCCCCCCCC(=O)OC(=O)[C@H](C)N.[H-].[Na+]. The van der Waals surface area contributed by atoms with Crippen LogP contribution in [0.5, 0.6) is 0 Å². The van der Waals surface area contributed by atoms with Crippen LogP contribution in [0.4, 0.5) is 0 Å². The van der Waals surface area contributed by atoms with E-state index in [1.807, 2.05) is 0 Å². The average Bonchev–Trinajstić information content (AvgIpc) is 2.44. The fourth-order valence-electron chi connectivity index (χ4n) is 2.19. The molecular weight excluding hydrogens is 289 g/mol. The number of rotatable bonds is 13. The number of hydrogen-bond donors (Lipinski definition) is 1. The zero-order valence-corrected chi connectivity index (χ0v) is 16.9. The summed E-state index contributed by atoms with van der Waals surface area (Å²) in [6.45, 7) is 3.75. The standard InChI is InChI=1S/C17H33NO3.Na.H/c1-3-4-5-6-7-8-9-10-11-12-13-14-16(19)21-17(20)15(2)18;;/h15H,3-14,18H2,1-2H3;;/q;+1;-1/t15-;;/m0../s1. The van der Waals surface area contributed by atoms with E-state index in [1.54, 1.807) is 0 Å². The van der Waals surface area contributed by atoms with Crippen LogP contribution >= 0.6 is 0 Å². The van der Waals surface area contributed by atoms with E-state index in [2.05, 4.69) is 11.7 Å². The van der Waals surface area contributed by atoms with E-state index in [4.69, 9.17) is 5.73 Å². The van der Waals surface area contributed by atoms with E-state index >= 15 is 0 Å². The molecule has 0 spiro atoms. The quantitative estimate of drug-likeness (QED) is 0.239. The number of carbonyl (C=O) groups is 2. The minimum Gasteiger partial charge on any atom is -1.00 e. The first-order chi connectivity index (χ1) is 10.1. The minimum absolute atomic E-state index is 0. The summed E-state index contributed by atoms with van der Waals surface area (Å²) in [7, 11) is 0. The molecule has 0 aliphatic carbocycles. The molecule has 5 heteroatoms. The van der Waals surface area contributed by atoms with Gasteiger partial charge in [0.25, 0.3) is 0 Å². The first kappa shape index (κ1) is 24.4. The largest absolute Gasteiger partial charge is 1.00 e. The molecule has 0 aliphatic rings. The van der Waals surface area contributed by atoms with Crippen molar-refractivity contribution in [2.75, 3.05) is 0 Å². The van der Waals surface area contributed by atoms with Crippen LogP contribution in [0.15, 0.2) is 0 Å². The normalized spacial score (nSPS) is 11.6. The molecule has 0 aromatic heterocycles. The molecule has 126 valence electrons. The Bertz CT molecular complexity index is 289. The van der Waals surface area contributed by atoms with Gasteiger partial charge in [0.05, 0.1) is 0 Å². The van der Waals surface area contributed by atoms with Crippen molar-refractivity contribution in [1.29, 1.82) is 0 Å². The van der Waals surface area contributed by atoms with Crippen LogP contribution in [-0.2, 0) is 14.3 Å².